The van der Waals surface area contributed by atoms with Gasteiger partial charge >= 0.3 is 0 Å². The van der Waals surface area contributed by atoms with Crippen LogP contribution in [0.4, 0.5) is 0 Å². The van der Waals surface area contributed by atoms with Gasteiger partial charge in [-0.3, -0.25) is 9.69 Å². The Labute approximate surface area is 224 Å². The van der Waals surface area contributed by atoms with Gasteiger partial charge < -0.3 is 9.72 Å². The Kier molecular flexibility index (Phi) is 8.17. The molecule has 200 valence electrons. The van der Waals surface area contributed by atoms with E-state index in [1.165, 1.54) is 24.8 Å². The molecule has 1 aliphatic carbocycles. The predicted molar refractivity (Wildman–Crippen MR) is 149 cm³/mol. The van der Waals surface area contributed by atoms with Crippen LogP contribution in [0.5, 0.6) is 5.75 Å². The Hall–Kier alpha value is -3.52. The van der Waals surface area contributed by atoms with E-state index in [0.717, 1.165) is 59.3 Å². The number of H-pyrrole nitrogens is 1. The molecular formula is C30H38N6O2. The lowest BCUT2D eigenvalue weighted by atomic mass is 9.92. The number of aromatic amines is 1. The Morgan fingerprint density at radius 2 is 1.82 bits per heavy atom. The molecule has 4 aromatic rings. The molecule has 0 radical (unpaired) electrons. The number of ether oxygens (including phenoxy) is 1. The first-order chi connectivity index (χ1) is 18.6. The van der Waals surface area contributed by atoms with Crippen molar-refractivity contribution in [2.24, 2.45) is 0 Å². The molecule has 0 bridgehead atoms. The fourth-order valence-electron chi connectivity index (χ4n) is 5.77. The molecule has 1 N–H and O–H groups in total. The molecule has 5 rings (SSSR count). The number of rotatable bonds is 10. The van der Waals surface area contributed by atoms with E-state index in [4.69, 9.17) is 4.74 Å². The smallest absolute Gasteiger partial charge is 0.252 e. The van der Waals surface area contributed by atoms with E-state index in [2.05, 4.69) is 57.5 Å². The van der Waals surface area contributed by atoms with Gasteiger partial charge in [-0.15, -0.1) is 5.10 Å². The summed E-state index contributed by atoms with van der Waals surface area (Å²) in [7, 11) is 1.67. The molecule has 1 aliphatic rings. The zero-order chi connectivity index (χ0) is 26.5. The summed E-state index contributed by atoms with van der Waals surface area (Å²) in [6.07, 6.45) is 7.76. The monoisotopic (exact) mass is 514 g/mol. The van der Waals surface area contributed by atoms with Crippen LogP contribution in [-0.4, -0.2) is 43.2 Å². The number of nitrogens with zero attached hydrogens (tertiary/aromatic N) is 5. The van der Waals surface area contributed by atoms with Crippen molar-refractivity contribution in [3.05, 3.63) is 81.4 Å². The molecule has 1 unspecified atom stereocenters. The number of aryl methyl sites for hydroxylation is 1. The predicted octanol–water partition coefficient (Wildman–Crippen LogP) is 5.42. The van der Waals surface area contributed by atoms with E-state index in [1.54, 1.807) is 7.11 Å². The van der Waals surface area contributed by atoms with Gasteiger partial charge in [0.1, 0.15) is 5.75 Å². The first-order valence-corrected chi connectivity index (χ1v) is 13.9. The van der Waals surface area contributed by atoms with Crippen LogP contribution < -0.4 is 10.3 Å². The summed E-state index contributed by atoms with van der Waals surface area (Å²) in [6.45, 7) is 5.49. The van der Waals surface area contributed by atoms with Gasteiger partial charge in [-0.05, 0) is 83.0 Å². The van der Waals surface area contributed by atoms with E-state index >= 15 is 0 Å². The minimum Gasteiger partial charge on any atom is -0.497 e. The number of nitrogens with one attached hydrogen (secondary N) is 1. The van der Waals surface area contributed by atoms with E-state index in [0.29, 0.717) is 19.1 Å². The van der Waals surface area contributed by atoms with Gasteiger partial charge in [0.2, 0.25) is 0 Å². The zero-order valence-electron chi connectivity index (χ0n) is 22.7. The number of benzene rings is 2. The van der Waals surface area contributed by atoms with Crippen LogP contribution in [0.15, 0.2) is 53.3 Å². The second-order valence-corrected chi connectivity index (χ2v) is 10.3. The minimum absolute atomic E-state index is 0.00317. The quantitative estimate of drug-likeness (QED) is 0.304. The lowest BCUT2D eigenvalue weighted by Gasteiger charge is -2.39. The molecule has 0 amide bonds. The van der Waals surface area contributed by atoms with E-state index in [9.17, 15) is 4.79 Å². The summed E-state index contributed by atoms with van der Waals surface area (Å²) >= 11 is 0. The highest BCUT2D eigenvalue weighted by molar-refractivity contribution is 5.79. The molecule has 38 heavy (non-hydrogen) atoms. The van der Waals surface area contributed by atoms with E-state index in [-0.39, 0.29) is 11.6 Å². The first kappa shape index (κ1) is 26.1. The molecule has 1 fully saturated rings. The number of aromatic nitrogens is 5. The lowest BCUT2D eigenvalue weighted by molar-refractivity contribution is 0.0844. The lowest BCUT2D eigenvalue weighted by Crippen LogP contribution is -2.41. The second kappa shape index (κ2) is 11.9. The van der Waals surface area contributed by atoms with Crippen molar-refractivity contribution in [3.63, 3.8) is 0 Å². The van der Waals surface area contributed by atoms with Crippen LogP contribution >= 0.6 is 0 Å². The summed E-state index contributed by atoms with van der Waals surface area (Å²) < 4.78 is 7.21. The van der Waals surface area contributed by atoms with Crippen LogP contribution in [0.2, 0.25) is 0 Å². The molecule has 2 heterocycles. The molecule has 8 nitrogen and oxygen atoms in total. The molecular weight excluding hydrogens is 476 g/mol. The fraction of sp³-hybridized carbons (Fsp3) is 0.467. The Morgan fingerprint density at radius 3 is 2.53 bits per heavy atom. The molecule has 0 spiro atoms. The third-order valence-electron chi connectivity index (χ3n) is 7.93. The van der Waals surface area contributed by atoms with Gasteiger partial charge in [-0.2, -0.15) is 0 Å². The highest BCUT2D eigenvalue weighted by Gasteiger charge is 2.32. The molecule has 1 atom stereocenters. The van der Waals surface area contributed by atoms with Gasteiger partial charge in [-0.25, -0.2) is 4.68 Å². The number of methoxy groups -OCH3 is 1. The highest BCUT2D eigenvalue weighted by atomic mass is 16.5. The van der Waals surface area contributed by atoms with E-state index < -0.39 is 0 Å². The summed E-state index contributed by atoms with van der Waals surface area (Å²) in [5.41, 5.74) is 4.04. The number of fused-ring (bicyclic) bond motifs is 1. The molecule has 0 saturated heterocycles. The van der Waals surface area contributed by atoms with Crippen molar-refractivity contribution in [1.82, 2.24) is 30.1 Å². The summed E-state index contributed by atoms with van der Waals surface area (Å²) in [5.74, 6) is 1.67. The maximum Gasteiger partial charge on any atom is 0.252 e. The van der Waals surface area contributed by atoms with Gasteiger partial charge in [0, 0.05) is 23.7 Å². The number of pyridine rings is 1. The van der Waals surface area contributed by atoms with E-state index in [1.807, 2.05) is 35.0 Å². The second-order valence-electron chi connectivity index (χ2n) is 10.3. The third kappa shape index (κ3) is 5.65. The standard InChI is InChI=1S/C30H38N6O2/c1-4-21-13-16-27-23(17-21)18-24(30(37)31-27)20-35(25-9-7-6-8-10-25)28(5-2)29-32-33-34-36(29)19-22-11-14-26(38-3)15-12-22/h11-18,25,28H,4-10,19-20H2,1-3H3,(H,31,37). The SMILES string of the molecule is CCc1ccc2[nH]c(=O)c(CN(C3CCCCC3)C(CC)c3nnnn3Cc3ccc(OC)cc3)cc2c1. The average Bonchev–Trinajstić information content (AvgIpc) is 3.41. The van der Waals surface area contributed by atoms with Crippen LogP contribution in [0.1, 0.15) is 80.9 Å². The molecule has 2 aromatic carbocycles. The zero-order valence-corrected chi connectivity index (χ0v) is 22.7. The van der Waals surface area contributed by atoms with Crippen molar-refractivity contribution in [3.8, 4) is 5.75 Å². The number of hydrogen-bond donors (Lipinski definition) is 1. The maximum atomic E-state index is 13.2. The first-order valence-electron chi connectivity index (χ1n) is 13.9. The van der Waals surface area contributed by atoms with Gasteiger partial charge in [0.15, 0.2) is 5.82 Å². The maximum absolute atomic E-state index is 13.2. The minimum atomic E-state index is -0.0183. The van der Waals surface area contributed by atoms with Crippen LogP contribution in [0.3, 0.4) is 0 Å². The normalized spacial score (nSPS) is 15.3. The summed E-state index contributed by atoms with van der Waals surface area (Å²) in [6, 6.07) is 16.8. The van der Waals surface area contributed by atoms with Crippen LogP contribution in [0, 0.1) is 0 Å². The van der Waals surface area contributed by atoms with Crippen molar-refractivity contribution in [1.29, 1.82) is 0 Å². The van der Waals surface area contributed by atoms with Crippen molar-refractivity contribution < 1.29 is 4.74 Å². The Bertz CT molecular complexity index is 1400. The average molecular weight is 515 g/mol. The van der Waals surface area contributed by atoms with Crippen LogP contribution in [-0.2, 0) is 19.5 Å². The summed E-state index contributed by atoms with van der Waals surface area (Å²) in [4.78, 5) is 18.8. The van der Waals surface area contributed by atoms with Gasteiger partial charge in [0.25, 0.3) is 5.56 Å². The molecule has 0 aliphatic heterocycles. The largest absolute Gasteiger partial charge is 0.497 e. The third-order valence-corrected chi connectivity index (χ3v) is 7.93. The van der Waals surface area contributed by atoms with Gasteiger partial charge in [0.05, 0.1) is 19.7 Å². The topological polar surface area (TPSA) is 88.9 Å². The van der Waals surface area contributed by atoms with Crippen LogP contribution in [0.25, 0.3) is 10.9 Å². The fourth-order valence-corrected chi connectivity index (χ4v) is 5.77. The number of hydrogen-bond acceptors (Lipinski definition) is 6. The van der Waals surface area contributed by atoms with Crippen molar-refractivity contribution in [2.75, 3.05) is 7.11 Å². The Morgan fingerprint density at radius 1 is 1.05 bits per heavy atom. The highest BCUT2D eigenvalue weighted by Crippen LogP contribution is 2.33. The summed E-state index contributed by atoms with van der Waals surface area (Å²) in [5, 5.41) is 14.0. The van der Waals surface area contributed by atoms with Crippen molar-refractivity contribution >= 4 is 10.9 Å². The Balaban J connectivity index is 1.48. The molecule has 2 aromatic heterocycles. The van der Waals surface area contributed by atoms with Crippen molar-refractivity contribution in [2.45, 2.75) is 84.0 Å². The molecule has 1 saturated carbocycles. The molecule has 8 heteroatoms. The number of tetrazole rings is 1. The van der Waals surface area contributed by atoms with Gasteiger partial charge in [-0.1, -0.05) is 51.3 Å².